The summed E-state index contributed by atoms with van der Waals surface area (Å²) in [4.78, 5) is 5.44. The minimum atomic E-state index is 0.153. The third kappa shape index (κ3) is 2.45. The maximum absolute atomic E-state index is 5.44. The SMILES string of the molecule is CC(C)(C)C1=NO[C@@H](C(C)(C)C)C1. The van der Waals surface area contributed by atoms with Crippen molar-refractivity contribution < 1.29 is 4.84 Å². The highest BCUT2D eigenvalue weighted by atomic mass is 16.6. The lowest BCUT2D eigenvalue weighted by molar-refractivity contribution is 0.00830. The summed E-state index contributed by atoms with van der Waals surface area (Å²) < 4.78 is 0. The molecule has 76 valence electrons. The van der Waals surface area contributed by atoms with Gasteiger partial charge in [0.05, 0.1) is 5.71 Å². The summed E-state index contributed by atoms with van der Waals surface area (Å²) in [5.74, 6) is 0. The fourth-order valence-electron chi connectivity index (χ4n) is 1.28. The molecule has 0 saturated heterocycles. The first-order valence-corrected chi connectivity index (χ1v) is 4.94. The zero-order chi connectivity index (χ0) is 10.3. The van der Waals surface area contributed by atoms with Crippen LogP contribution in [0.5, 0.6) is 0 Å². The van der Waals surface area contributed by atoms with Gasteiger partial charge in [-0.15, -0.1) is 0 Å². The molecule has 0 aromatic carbocycles. The van der Waals surface area contributed by atoms with Crippen molar-refractivity contribution in [3.05, 3.63) is 0 Å². The molecule has 0 aromatic heterocycles. The Morgan fingerprint density at radius 3 is 1.92 bits per heavy atom. The molecule has 0 aromatic rings. The van der Waals surface area contributed by atoms with Gasteiger partial charge >= 0.3 is 0 Å². The zero-order valence-corrected chi connectivity index (χ0v) is 9.64. The van der Waals surface area contributed by atoms with Gasteiger partial charge in [0.2, 0.25) is 0 Å². The van der Waals surface area contributed by atoms with Crippen LogP contribution in [0, 0.1) is 10.8 Å². The van der Waals surface area contributed by atoms with Crippen LogP contribution < -0.4 is 0 Å². The van der Waals surface area contributed by atoms with Crippen molar-refractivity contribution in [2.75, 3.05) is 0 Å². The smallest absolute Gasteiger partial charge is 0.137 e. The number of hydrogen-bond donors (Lipinski definition) is 0. The quantitative estimate of drug-likeness (QED) is 0.565. The van der Waals surface area contributed by atoms with E-state index in [-0.39, 0.29) is 16.9 Å². The first-order chi connectivity index (χ1) is 5.71. The standard InChI is InChI=1S/C11H21NO/c1-10(2,3)8-7-9(13-12-8)11(4,5)6/h9H,7H2,1-6H3/t9-/m1/s1. The summed E-state index contributed by atoms with van der Waals surface area (Å²) >= 11 is 0. The lowest BCUT2D eigenvalue weighted by Gasteiger charge is -2.25. The van der Waals surface area contributed by atoms with Gasteiger partial charge < -0.3 is 4.84 Å². The Labute approximate surface area is 81.3 Å². The summed E-state index contributed by atoms with van der Waals surface area (Å²) in [5, 5.41) is 4.17. The Kier molecular flexibility index (Phi) is 2.44. The van der Waals surface area contributed by atoms with Crippen molar-refractivity contribution in [1.82, 2.24) is 0 Å². The molecule has 0 radical (unpaired) electrons. The second kappa shape index (κ2) is 3.00. The molecule has 0 unspecified atom stereocenters. The second-order valence-corrected chi connectivity index (χ2v) is 5.95. The van der Waals surface area contributed by atoms with Crippen LogP contribution >= 0.6 is 0 Å². The van der Waals surface area contributed by atoms with Crippen molar-refractivity contribution in [3.63, 3.8) is 0 Å². The average Bonchev–Trinajstić information content (AvgIpc) is 2.28. The van der Waals surface area contributed by atoms with Crippen molar-refractivity contribution in [3.8, 4) is 0 Å². The highest BCUT2D eigenvalue weighted by molar-refractivity contribution is 5.90. The van der Waals surface area contributed by atoms with E-state index in [2.05, 4.69) is 46.7 Å². The maximum atomic E-state index is 5.44. The van der Waals surface area contributed by atoms with E-state index in [4.69, 9.17) is 4.84 Å². The highest BCUT2D eigenvalue weighted by Gasteiger charge is 2.36. The third-order valence-electron chi connectivity index (χ3n) is 2.50. The maximum Gasteiger partial charge on any atom is 0.137 e. The largest absolute Gasteiger partial charge is 0.392 e. The third-order valence-corrected chi connectivity index (χ3v) is 2.50. The predicted octanol–water partition coefficient (Wildman–Crippen LogP) is 3.22. The van der Waals surface area contributed by atoms with E-state index in [0.717, 1.165) is 6.42 Å². The molecule has 0 fully saturated rings. The Bertz CT molecular complexity index is 217. The monoisotopic (exact) mass is 183 g/mol. The van der Waals surface area contributed by atoms with Gasteiger partial charge in [0, 0.05) is 17.3 Å². The van der Waals surface area contributed by atoms with E-state index in [0.29, 0.717) is 0 Å². The minimum Gasteiger partial charge on any atom is -0.392 e. The molecule has 0 N–H and O–H groups in total. The molecule has 13 heavy (non-hydrogen) atoms. The fraction of sp³-hybridized carbons (Fsp3) is 0.909. The molecule has 0 saturated carbocycles. The van der Waals surface area contributed by atoms with Crippen LogP contribution in [0.2, 0.25) is 0 Å². The number of hydrogen-bond acceptors (Lipinski definition) is 2. The predicted molar refractivity (Wildman–Crippen MR) is 55.8 cm³/mol. The molecule has 2 nitrogen and oxygen atoms in total. The van der Waals surface area contributed by atoms with Crippen molar-refractivity contribution in [2.45, 2.75) is 54.1 Å². The van der Waals surface area contributed by atoms with Gasteiger partial charge in [-0.25, -0.2) is 0 Å². The lowest BCUT2D eigenvalue weighted by atomic mass is 9.81. The highest BCUT2D eigenvalue weighted by Crippen LogP contribution is 2.33. The van der Waals surface area contributed by atoms with Crippen LogP contribution in [0.25, 0.3) is 0 Å². The minimum absolute atomic E-state index is 0.153. The molecule has 0 bridgehead atoms. The molecule has 0 aliphatic carbocycles. The van der Waals surface area contributed by atoms with Crippen molar-refractivity contribution in [2.24, 2.45) is 16.0 Å². The van der Waals surface area contributed by atoms with Gasteiger partial charge in [-0.1, -0.05) is 46.7 Å². The van der Waals surface area contributed by atoms with E-state index < -0.39 is 0 Å². The van der Waals surface area contributed by atoms with Gasteiger partial charge in [0.15, 0.2) is 0 Å². The first kappa shape index (κ1) is 10.6. The van der Waals surface area contributed by atoms with E-state index >= 15 is 0 Å². The summed E-state index contributed by atoms with van der Waals surface area (Å²) in [5.41, 5.74) is 1.53. The molecular formula is C11H21NO. The normalized spacial score (nSPS) is 24.2. The van der Waals surface area contributed by atoms with Crippen molar-refractivity contribution in [1.29, 1.82) is 0 Å². The summed E-state index contributed by atoms with van der Waals surface area (Å²) in [6.07, 6.45) is 1.23. The van der Waals surface area contributed by atoms with Crippen molar-refractivity contribution >= 4 is 5.71 Å². The molecule has 1 aliphatic rings. The lowest BCUT2D eigenvalue weighted by Crippen LogP contribution is -2.28. The van der Waals surface area contributed by atoms with Crippen LogP contribution in [-0.2, 0) is 4.84 Å². The van der Waals surface area contributed by atoms with Crippen LogP contribution in [0.1, 0.15) is 48.0 Å². The molecular weight excluding hydrogens is 162 g/mol. The van der Waals surface area contributed by atoms with Gasteiger partial charge in [-0.3, -0.25) is 0 Å². The number of rotatable bonds is 0. The van der Waals surface area contributed by atoms with Crippen LogP contribution in [0.15, 0.2) is 5.16 Å². The first-order valence-electron chi connectivity index (χ1n) is 4.94. The van der Waals surface area contributed by atoms with Gasteiger partial charge in [-0.2, -0.15) is 0 Å². The van der Waals surface area contributed by atoms with Crippen LogP contribution in [-0.4, -0.2) is 11.8 Å². The molecule has 1 aliphatic heterocycles. The summed E-state index contributed by atoms with van der Waals surface area (Å²) in [6, 6.07) is 0. The Morgan fingerprint density at radius 2 is 1.69 bits per heavy atom. The number of oxime groups is 1. The molecule has 1 atom stereocenters. The average molecular weight is 183 g/mol. The Hall–Kier alpha value is -0.530. The van der Waals surface area contributed by atoms with E-state index in [9.17, 15) is 0 Å². The van der Waals surface area contributed by atoms with Gasteiger partial charge in [0.25, 0.3) is 0 Å². The van der Waals surface area contributed by atoms with Gasteiger partial charge in [-0.05, 0) is 0 Å². The Balaban J connectivity index is 2.63. The number of nitrogens with zero attached hydrogens (tertiary/aromatic N) is 1. The van der Waals surface area contributed by atoms with Crippen LogP contribution in [0.4, 0.5) is 0 Å². The Morgan fingerprint density at radius 1 is 1.15 bits per heavy atom. The molecule has 2 heteroatoms. The zero-order valence-electron chi connectivity index (χ0n) is 9.64. The summed E-state index contributed by atoms with van der Waals surface area (Å²) in [7, 11) is 0. The van der Waals surface area contributed by atoms with Crippen LogP contribution in [0.3, 0.4) is 0 Å². The fourth-order valence-corrected chi connectivity index (χ4v) is 1.28. The van der Waals surface area contributed by atoms with Gasteiger partial charge in [0.1, 0.15) is 6.10 Å². The topological polar surface area (TPSA) is 21.6 Å². The summed E-state index contributed by atoms with van der Waals surface area (Å²) in [6.45, 7) is 13.1. The second-order valence-electron chi connectivity index (χ2n) is 5.95. The van der Waals surface area contributed by atoms with E-state index in [1.165, 1.54) is 5.71 Å². The molecule has 0 amide bonds. The molecule has 1 heterocycles. The van der Waals surface area contributed by atoms with E-state index in [1.54, 1.807) is 0 Å². The molecule has 1 rings (SSSR count). The van der Waals surface area contributed by atoms with E-state index in [1.807, 2.05) is 0 Å². The molecule has 0 spiro atoms.